The summed E-state index contributed by atoms with van der Waals surface area (Å²) in [6.45, 7) is 2.15. The van der Waals surface area contributed by atoms with Crippen molar-refractivity contribution in [3.63, 3.8) is 0 Å². The SMILES string of the molecule is CCCCCC(O)C#Cc1ccccc1. The van der Waals surface area contributed by atoms with Gasteiger partial charge in [0.1, 0.15) is 6.10 Å². The normalized spacial score (nSPS) is 11.6. The zero-order valence-electron chi connectivity index (χ0n) is 9.24. The van der Waals surface area contributed by atoms with Crippen LogP contribution in [0.5, 0.6) is 0 Å². The maximum absolute atomic E-state index is 9.56. The number of rotatable bonds is 4. The van der Waals surface area contributed by atoms with Crippen LogP contribution in [0.25, 0.3) is 0 Å². The van der Waals surface area contributed by atoms with Crippen molar-refractivity contribution < 1.29 is 5.11 Å². The van der Waals surface area contributed by atoms with Gasteiger partial charge in [0, 0.05) is 5.56 Å². The van der Waals surface area contributed by atoms with Crippen LogP contribution in [0.1, 0.15) is 38.2 Å². The largest absolute Gasteiger partial charge is 0.380 e. The van der Waals surface area contributed by atoms with Gasteiger partial charge in [-0.1, -0.05) is 49.8 Å². The Morgan fingerprint density at radius 2 is 1.93 bits per heavy atom. The zero-order valence-corrected chi connectivity index (χ0v) is 9.24. The monoisotopic (exact) mass is 202 g/mol. The lowest BCUT2D eigenvalue weighted by Gasteiger charge is -2.00. The summed E-state index contributed by atoms with van der Waals surface area (Å²) in [5.74, 6) is 5.83. The molecule has 0 aromatic heterocycles. The van der Waals surface area contributed by atoms with Crippen molar-refractivity contribution in [3.8, 4) is 11.8 Å². The standard InChI is InChI=1S/C14H18O/c1-2-3-5-10-14(15)12-11-13-8-6-4-7-9-13/h4,6-9,14-15H,2-3,5,10H2,1H3. The number of benzene rings is 1. The Morgan fingerprint density at radius 3 is 2.60 bits per heavy atom. The highest BCUT2D eigenvalue weighted by Crippen LogP contribution is 2.03. The molecule has 0 bridgehead atoms. The second kappa shape index (κ2) is 7.09. The molecule has 1 aromatic carbocycles. The first-order valence-electron chi connectivity index (χ1n) is 5.57. The molecule has 0 aliphatic carbocycles. The van der Waals surface area contributed by atoms with Crippen LogP contribution in [-0.4, -0.2) is 11.2 Å². The van der Waals surface area contributed by atoms with Crippen LogP contribution in [0.2, 0.25) is 0 Å². The Morgan fingerprint density at radius 1 is 1.20 bits per heavy atom. The van der Waals surface area contributed by atoms with Crippen LogP contribution in [0.3, 0.4) is 0 Å². The van der Waals surface area contributed by atoms with Crippen LogP contribution in [0.4, 0.5) is 0 Å². The van der Waals surface area contributed by atoms with Crippen molar-refractivity contribution in [2.75, 3.05) is 0 Å². The predicted octanol–water partition coefficient (Wildman–Crippen LogP) is 2.98. The third-order valence-electron chi connectivity index (χ3n) is 2.24. The fourth-order valence-electron chi connectivity index (χ4n) is 1.35. The summed E-state index contributed by atoms with van der Waals surface area (Å²) in [5.41, 5.74) is 0.965. The summed E-state index contributed by atoms with van der Waals surface area (Å²) >= 11 is 0. The van der Waals surface area contributed by atoms with E-state index in [0.29, 0.717) is 0 Å². The zero-order chi connectivity index (χ0) is 10.9. The van der Waals surface area contributed by atoms with Crippen molar-refractivity contribution in [2.24, 2.45) is 0 Å². The number of unbranched alkanes of at least 4 members (excludes halogenated alkanes) is 2. The Labute approximate surface area is 92.1 Å². The molecule has 1 nitrogen and oxygen atoms in total. The summed E-state index contributed by atoms with van der Waals surface area (Å²) in [6.07, 6.45) is 3.72. The number of aliphatic hydroxyl groups excluding tert-OH is 1. The molecule has 0 fully saturated rings. The Balaban J connectivity index is 2.37. The minimum Gasteiger partial charge on any atom is -0.380 e. The molecule has 80 valence electrons. The number of aliphatic hydroxyl groups is 1. The highest BCUT2D eigenvalue weighted by Gasteiger charge is 1.97. The van der Waals surface area contributed by atoms with E-state index in [4.69, 9.17) is 0 Å². The molecule has 1 heteroatoms. The van der Waals surface area contributed by atoms with Crippen LogP contribution < -0.4 is 0 Å². The molecule has 1 atom stereocenters. The van der Waals surface area contributed by atoms with Gasteiger partial charge in [-0.2, -0.15) is 0 Å². The van der Waals surface area contributed by atoms with E-state index in [1.807, 2.05) is 30.3 Å². The van der Waals surface area contributed by atoms with E-state index in [9.17, 15) is 5.11 Å². The molecule has 1 N–H and O–H groups in total. The highest BCUT2D eigenvalue weighted by molar-refractivity contribution is 5.34. The van der Waals surface area contributed by atoms with Crippen LogP contribution in [-0.2, 0) is 0 Å². The quantitative estimate of drug-likeness (QED) is 0.588. The topological polar surface area (TPSA) is 20.2 Å². The smallest absolute Gasteiger partial charge is 0.115 e. The first-order chi connectivity index (χ1) is 7.33. The van der Waals surface area contributed by atoms with Crippen molar-refractivity contribution in [3.05, 3.63) is 35.9 Å². The molecule has 0 aliphatic heterocycles. The summed E-state index contributed by atoms with van der Waals surface area (Å²) in [4.78, 5) is 0. The lowest BCUT2D eigenvalue weighted by Crippen LogP contribution is -2.02. The van der Waals surface area contributed by atoms with E-state index < -0.39 is 6.10 Å². The average Bonchev–Trinajstić information content (AvgIpc) is 2.28. The Bertz CT molecular complexity index is 318. The van der Waals surface area contributed by atoms with Gasteiger partial charge in [0.05, 0.1) is 0 Å². The predicted molar refractivity (Wildman–Crippen MR) is 63.5 cm³/mol. The van der Waals surface area contributed by atoms with E-state index in [0.717, 1.165) is 18.4 Å². The first-order valence-corrected chi connectivity index (χ1v) is 5.57. The lowest BCUT2D eigenvalue weighted by molar-refractivity contribution is 0.217. The third-order valence-corrected chi connectivity index (χ3v) is 2.24. The number of hydrogen-bond donors (Lipinski definition) is 1. The van der Waals surface area contributed by atoms with Crippen molar-refractivity contribution >= 4 is 0 Å². The molecule has 0 radical (unpaired) electrons. The third kappa shape index (κ3) is 5.24. The molecule has 1 rings (SSSR count). The Hall–Kier alpha value is -1.26. The molecular weight excluding hydrogens is 184 g/mol. The van der Waals surface area contributed by atoms with Crippen LogP contribution >= 0.6 is 0 Å². The minimum absolute atomic E-state index is 0.475. The van der Waals surface area contributed by atoms with Crippen LogP contribution in [0.15, 0.2) is 30.3 Å². The summed E-state index contributed by atoms with van der Waals surface area (Å²) in [5, 5.41) is 9.56. The molecule has 1 unspecified atom stereocenters. The van der Waals surface area contributed by atoms with Gasteiger partial charge < -0.3 is 5.11 Å². The van der Waals surface area contributed by atoms with E-state index in [2.05, 4.69) is 18.8 Å². The van der Waals surface area contributed by atoms with E-state index >= 15 is 0 Å². The summed E-state index contributed by atoms with van der Waals surface area (Å²) < 4.78 is 0. The first kappa shape index (κ1) is 11.8. The molecule has 1 aromatic rings. The molecule has 0 aliphatic rings. The Kier molecular flexibility index (Phi) is 5.58. The van der Waals surface area contributed by atoms with Gasteiger partial charge in [-0.05, 0) is 25.0 Å². The summed E-state index contributed by atoms with van der Waals surface area (Å²) in [7, 11) is 0. The van der Waals surface area contributed by atoms with Crippen molar-refractivity contribution in [2.45, 2.75) is 38.7 Å². The number of hydrogen-bond acceptors (Lipinski definition) is 1. The molecule has 0 saturated heterocycles. The van der Waals surface area contributed by atoms with Gasteiger partial charge in [0.25, 0.3) is 0 Å². The minimum atomic E-state index is -0.475. The summed E-state index contributed by atoms with van der Waals surface area (Å²) in [6, 6.07) is 9.77. The molecule has 15 heavy (non-hydrogen) atoms. The van der Waals surface area contributed by atoms with Gasteiger partial charge in [-0.25, -0.2) is 0 Å². The van der Waals surface area contributed by atoms with Gasteiger partial charge in [0.15, 0.2) is 0 Å². The van der Waals surface area contributed by atoms with Crippen LogP contribution in [0, 0.1) is 11.8 Å². The fraction of sp³-hybridized carbons (Fsp3) is 0.429. The van der Waals surface area contributed by atoms with Crippen molar-refractivity contribution in [1.29, 1.82) is 0 Å². The average molecular weight is 202 g/mol. The second-order valence-electron chi connectivity index (χ2n) is 3.65. The van der Waals surface area contributed by atoms with E-state index in [1.165, 1.54) is 12.8 Å². The van der Waals surface area contributed by atoms with Gasteiger partial charge in [0.2, 0.25) is 0 Å². The van der Waals surface area contributed by atoms with Gasteiger partial charge in [-0.15, -0.1) is 0 Å². The second-order valence-corrected chi connectivity index (χ2v) is 3.65. The van der Waals surface area contributed by atoms with E-state index in [1.54, 1.807) is 0 Å². The molecule has 0 amide bonds. The fourth-order valence-corrected chi connectivity index (χ4v) is 1.35. The van der Waals surface area contributed by atoms with Crippen molar-refractivity contribution in [1.82, 2.24) is 0 Å². The van der Waals surface area contributed by atoms with E-state index in [-0.39, 0.29) is 0 Å². The maximum Gasteiger partial charge on any atom is 0.115 e. The molecule has 0 saturated carbocycles. The van der Waals surface area contributed by atoms with Gasteiger partial charge in [-0.3, -0.25) is 0 Å². The highest BCUT2D eigenvalue weighted by atomic mass is 16.3. The molecule has 0 spiro atoms. The molecule has 0 heterocycles. The van der Waals surface area contributed by atoms with Gasteiger partial charge >= 0.3 is 0 Å². The maximum atomic E-state index is 9.56. The lowest BCUT2D eigenvalue weighted by atomic mass is 10.1. The molecular formula is C14H18O.